The maximum absolute atomic E-state index is 6.46. The molecule has 0 aromatic heterocycles. The van der Waals surface area contributed by atoms with Crippen molar-refractivity contribution in [1.82, 2.24) is 5.32 Å². The zero-order valence-electron chi connectivity index (χ0n) is 10.5. The number of halogens is 1. The average Bonchev–Trinajstić information content (AvgIpc) is 2.78. The smallest absolute Gasteiger partial charge is 0.0444 e. The SMILES string of the molecule is CC1(c2cc(Cl)c3c(c2)CCCC3)CCCN1. The molecule has 2 heteroatoms. The molecule has 1 aromatic rings. The van der Waals surface area contributed by atoms with Gasteiger partial charge in [-0.2, -0.15) is 0 Å². The van der Waals surface area contributed by atoms with Gasteiger partial charge in [0.2, 0.25) is 0 Å². The fraction of sp³-hybridized carbons (Fsp3) is 0.600. The van der Waals surface area contributed by atoms with Crippen LogP contribution in [-0.2, 0) is 18.4 Å². The van der Waals surface area contributed by atoms with Gasteiger partial charge in [-0.1, -0.05) is 17.7 Å². The lowest BCUT2D eigenvalue weighted by molar-refractivity contribution is 0.434. The fourth-order valence-electron chi connectivity index (χ4n) is 3.27. The van der Waals surface area contributed by atoms with Crippen LogP contribution >= 0.6 is 11.6 Å². The maximum Gasteiger partial charge on any atom is 0.0444 e. The summed E-state index contributed by atoms with van der Waals surface area (Å²) in [6.07, 6.45) is 7.48. The molecule has 1 aromatic carbocycles. The van der Waals surface area contributed by atoms with Crippen LogP contribution in [0.3, 0.4) is 0 Å². The fourth-order valence-corrected chi connectivity index (χ4v) is 3.61. The Labute approximate surface area is 109 Å². The van der Waals surface area contributed by atoms with Crippen molar-refractivity contribution in [2.45, 2.75) is 51.0 Å². The number of hydrogen-bond donors (Lipinski definition) is 1. The third-order valence-electron chi connectivity index (χ3n) is 4.42. The van der Waals surface area contributed by atoms with Gasteiger partial charge in [-0.25, -0.2) is 0 Å². The zero-order valence-corrected chi connectivity index (χ0v) is 11.2. The Bertz CT molecular complexity index is 433. The minimum atomic E-state index is 0.149. The van der Waals surface area contributed by atoms with Crippen LogP contribution in [0, 0.1) is 0 Å². The van der Waals surface area contributed by atoms with E-state index in [2.05, 4.69) is 24.4 Å². The van der Waals surface area contributed by atoms with Gasteiger partial charge in [-0.3, -0.25) is 0 Å². The lowest BCUT2D eigenvalue weighted by Crippen LogP contribution is -2.33. The van der Waals surface area contributed by atoms with Crippen molar-refractivity contribution >= 4 is 11.6 Å². The minimum absolute atomic E-state index is 0.149. The molecule has 1 aliphatic heterocycles. The van der Waals surface area contributed by atoms with Crippen molar-refractivity contribution in [1.29, 1.82) is 0 Å². The van der Waals surface area contributed by atoms with Crippen molar-refractivity contribution < 1.29 is 0 Å². The number of nitrogens with one attached hydrogen (secondary N) is 1. The molecular weight excluding hydrogens is 230 g/mol. The van der Waals surface area contributed by atoms with E-state index in [1.807, 2.05) is 0 Å². The summed E-state index contributed by atoms with van der Waals surface area (Å²) in [5, 5.41) is 4.62. The molecule has 1 heterocycles. The molecule has 2 aliphatic rings. The molecule has 17 heavy (non-hydrogen) atoms. The van der Waals surface area contributed by atoms with Gasteiger partial charge in [-0.05, 0) is 74.8 Å². The van der Waals surface area contributed by atoms with Crippen molar-refractivity contribution in [3.63, 3.8) is 0 Å². The van der Waals surface area contributed by atoms with E-state index in [4.69, 9.17) is 11.6 Å². The highest BCUT2D eigenvalue weighted by Gasteiger charge is 2.31. The Hall–Kier alpha value is -0.530. The summed E-state index contributed by atoms with van der Waals surface area (Å²) >= 11 is 6.46. The molecule has 1 saturated heterocycles. The second-order valence-corrected chi connectivity index (χ2v) is 6.07. The van der Waals surface area contributed by atoms with E-state index in [9.17, 15) is 0 Å². The molecule has 0 spiro atoms. The third kappa shape index (κ3) is 2.00. The van der Waals surface area contributed by atoms with Crippen LogP contribution in [0.25, 0.3) is 0 Å². The molecule has 0 radical (unpaired) electrons. The van der Waals surface area contributed by atoms with Gasteiger partial charge in [0.25, 0.3) is 0 Å². The summed E-state index contributed by atoms with van der Waals surface area (Å²) in [6.45, 7) is 3.44. The highest BCUT2D eigenvalue weighted by Crippen LogP contribution is 2.36. The number of fused-ring (bicyclic) bond motifs is 1. The maximum atomic E-state index is 6.46. The van der Waals surface area contributed by atoms with Crippen molar-refractivity contribution in [2.75, 3.05) is 6.54 Å². The lowest BCUT2D eigenvalue weighted by Gasteiger charge is -2.28. The van der Waals surface area contributed by atoms with E-state index in [0.717, 1.165) is 11.6 Å². The van der Waals surface area contributed by atoms with Crippen molar-refractivity contribution in [3.05, 3.63) is 33.8 Å². The summed E-state index contributed by atoms with van der Waals surface area (Å²) in [5.41, 5.74) is 4.44. The van der Waals surface area contributed by atoms with Crippen LogP contribution < -0.4 is 5.32 Å². The van der Waals surface area contributed by atoms with E-state index in [0.29, 0.717) is 0 Å². The Morgan fingerprint density at radius 3 is 2.76 bits per heavy atom. The van der Waals surface area contributed by atoms with Gasteiger partial charge in [-0.15, -0.1) is 0 Å². The molecule has 1 aliphatic carbocycles. The molecule has 3 rings (SSSR count). The summed E-state index contributed by atoms with van der Waals surface area (Å²) in [4.78, 5) is 0. The molecule has 92 valence electrons. The Kier molecular flexibility index (Phi) is 2.92. The Balaban J connectivity index is 2.04. The molecular formula is C15H20ClN. The van der Waals surface area contributed by atoms with E-state index in [1.165, 1.54) is 55.2 Å². The normalized spacial score (nSPS) is 28.1. The first-order chi connectivity index (χ1) is 8.19. The van der Waals surface area contributed by atoms with Crippen LogP contribution in [0.2, 0.25) is 5.02 Å². The first-order valence-corrected chi connectivity index (χ1v) is 7.14. The van der Waals surface area contributed by atoms with Crippen LogP contribution in [0.5, 0.6) is 0 Å². The van der Waals surface area contributed by atoms with Gasteiger partial charge in [0.1, 0.15) is 0 Å². The van der Waals surface area contributed by atoms with E-state index in [1.54, 1.807) is 0 Å². The van der Waals surface area contributed by atoms with Crippen molar-refractivity contribution in [2.24, 2.45) is 0 Å². The van der Waals surface area contributed by atoms with Crippen LogP contribution in [0.1, 0.15) is 49.3 Å². The molecule has 1 nitrogen and oxygen atoms in total. The average molecular weight is 250 g/mol. The number of aryl methyl sites for hydroxylation is 1. The topological polar surface area (TPSA) is 12.0 Å². The van der Waals surface area contributed by atoms with Crippen molar-refractivity contribution in [3.8, 4) is 0 Å². The van der Waals surface area contributed by atoms with Gasteiger partial charge < -0.3 is 5.32 Å². The van der Waals surface area contributed by atoms with Crippen LogP contribution in [0.4, 0.5) is 0 Å². The summed E-state index contributed by atoms with van der Waals surface area (Å²) in [6, 6.07) is 4.60. The predicted molar refractivity (Wildman–Crippen MR) is 72.7 cm³/mol. The quantitative estimate of drug-likeness (QED) is 0.798. The zero-order chi connectivity index (χ0) is 11.9. The standard InChI is InChI=1S/C15H20ClN/c1-15(7-4-8-17-15)12-9-11-5-2-3-6-13(11)14(16)10-12/h9-10,17H,2-8H2,1H3. The highest BCUT2D eigenvalue weighted by atomic mass is 35.5. The summed E-state index contributed by atoms with van der Waals surface area (Å²) in [5.74, 6) is 0. The third-order valence-corrected chi connectivity index (χ3v) is 4.75. The van der Waals surface area contributed by atoms with Gasteiger partial charge in [0.05, 0.1) is 0 Å². The number of rotatable bonds is 1. The molecule has 1 unspecified atom stereocenters. The number of benzene rings is 1. The monoisotopic (exact) mass is 249 g/mol. The number of hydrogen-bond acceptors (Lipinski definition) is 1. The first-order valence-electron chi connectivity index (χ1n) is 6.76. The second-order valence-electron chi connectivity index (χ2n) is 5.67. The minimum Gasteiger partial charge on any atom is -0.308 e. The molecule has 1 fully saturated rings. The Morgan fingerprint density at radius 2 is 2.00 bits per heavy atom. The van der Waals surface area contributed by atoms with Crippen LogP contribution in [0.15, 0.2) is 12.1 Å². The van der Waals surface area contributed by atoms with E-state index in [-0.39, 0.29) is 5.54 Å². The molecule has 0 saturated carbocycles. The van der Waals surface area contributed by atoms with Gasteiger partial charge >= 0.3 is 0 Å². The second kappa shape index (κ2) is 4.29. The van der Waals surface area contributed by atoms with E-state index < -0.39 is 0 Å². The molecule has 1 N–H and O–H groups in total. The first kappa shape index (κ1) is 11.6. The molecule has 0 amide bonds. The highest BCUT2D eigenvalue weighted by molar-refractivity contribution is 6.31. The molecule has 0 bridgehead atoms. The van der Waals surface area contributed by atoms with Gasteiger partial charge in [0.15, 0.2) is 0 Å². The molecule has 1 atom stereocenters. The van der Waals surface area contributed by atoms with E-state index >= 15 is 0 Å². The van der Waals surface area contributed by atoms with Crippen LogP contribution in [-0.4, -0.2) is 6.54 Å². The Morgan fingerprint density at radius 1 is 1.18 bits per heavy atom. The lowest BCUT2D eigenvalue weighted by atomic mass is 9.84. The predicted octanol–water partition coefficient (Wildman–Crippen LogP) is 3.82. The summed E-state index contributed by atoms with van der Waals surface area (Å²) < 4.78 is 0. The van der Waals surface area contributed by atoms with Gasteiger partial charge in [0, 0.05) is 10.6 Å². The largest absolute Gasteiger partial charge is 0.308 e. The summed E-state index contributed by atoms with van der Waals surface area (Å²) in [7, 11) is 0.